The molecule has 0 aliphatic carbocycles. The summed E-state index contributed by atoms with van der Waals surface area (Å²) in [6.07, 6.45) is 1.77. The summed E-state index contributed by atoms with van der Waals surface area (Å²) in [5, 5.41) is 4.78. The molecule has 1 heterocycles. The number of benzene rings is 5. The molecule has 0 N–H and O–H groups in total. The number of halogens is 1. The minimum atomic E-state index is -3.24. The van der Waals surface area contributed by atoms with Crippen LogP contribution in [0.15, 0.2) is 118 Å². The molecule has 4 nitrogen and oxygen atoms in total. The Balaban J connectivity index is 1.38. The predicted molar refractivity (Wildman–Crippen MR) is 158 cm³/mol. The number of hydrogen-bond donors (Lipinski definition) is 0. The van der Waals surface area contributed by atoms with Crippen LogP contribution in [-0.4, -0.2) is 28.6 Å². The van der Waals surface area contributed by atoms with Gasteiger partial charge in [-0.2, -0.15) is 0 Å². The summed E-state index contributed by atoms with van der Waals surface area (Å²) in [7, 11) is -3.24. The standard InChI is InChI=1S/C31H27BrN3OP/c32-29-15-5-8-24(20-29)21-33-37(36)34(22-27-13-6-11-25-9-1-3-16-30(25)27)18-19-35(37)23-28-14-7-12-26-10-2-4-17-31(26)28/h1-17,20-21H,18-19,22-23H2/b33-21+. The van der Waals surface area contributed by atoms with Crippen molar-refractivity contribution in [1.82, 2.24) is 9.34 Å². The van der Waals surface area contributed by atoms with Crippen LogP contribution >= 0.6 is 23.5 Å². The minimum Gasteiger partial charge on any atom is -0.262 e. The van der Waals surface area contributed by atoms with Crippen molar-refractivity contribution in [2.45, 2.75) is 13.1 Å². The summed E-state index contributed by atoms with van der Waals surface area (Å²) in [5.74, 6) is 0. The molecule has 6 rings (SSSR count). The van der Waals surface area contributed by atoms with Crippen LogP contribution in [0.5, 0.6) is 0 Å². The quantitative estimate of drug-likeness (QED) is 0.153. The Morgan fingerprint density at radius 3 is 1.78 bits per heavy atom. The van der Waals surface area contributed by atoms with E-state index in [9.17, 15) is 4.57 Å². The Morgan fingerprint density at radius 2 is 1.22 bits per heavy atom. The third-order valence-corrected chi connectivity index (χ3v) is 10.1. The van der Waals surface area contributed by atoms with Crippen LogP contribution in [0.25, 0.3) is 21.5 Å². The van der Waals surface area contributed by atoms with Crippen molar-refractivity contribution in [1.29, 1.82) is 0 Å². The fraction of sp³-hybridized carbons (Fsp3) is 0.129. The van der Waals surface area contributed by atoms with Crippen molar-refractivity contribution < 1.29 is 4.57 Å². The van der Waals surface area contributed by atoms with Crippen LogP contribution in [0.4, 0.5) is 0 Å². The van der Waals surface area contributed by atoms with E-state index in [-0.39, 0.29) is 0 Å². The lowest BCUT2D eigenvalue weighted by Crippen LogP contribution is -2.18. The Labute approximate surface area is 225 Å². The van der Waals surface area contributed by atoms with Crippen molar-refractivity contribution in [3.05, 3.63) is 130 Å². The zero-order valence-electron chi connectivity index (χ0n) is 20.4. The molecule has 0 unspecified atom stereocenters. The van der Waals surface area contributed by atoms with Crippen molar-refractivity contribution in [2.75, 3.05) is 13.1 Å². The van der Waals surface area contributed by atoms with Gasteiger partial charge in [-0.3, -0.25) is 4.57 Å². The summed E-state index contributed by atoms with van der Waals surface area (Å²) in [5.41, 5.74) is 3.26. The monoisotopic (exact) mass is 567 g/mol. The molecular weight excluding hydrogens is 541 g/mol. The van der Waals surface area contributed by atoms with Gasteiger partial charge in [-0.1, -0.05) is 113 Å². The molecule has 0 saturated carbocycles. The summed E-state index contributed by atoms with van der Waals surface area (Å²) in [6, 6.07) is 37.4. The fourth-order valence-electron chi connectivity index (χ4n) is 5.14. The topological polar surface area (TPSA) is 35.9 Å². The molecule has 5 aromatic carbocycles. The smallest absolute Gasteiger partial charge is 0.262 e. The van der Waals surface area contributed by atoms with Gasteiger partial charge in [-0.25, -0.2) is 14.1 Å². The van der Waals surface area contributed by atoms with E-state index < -0.39 is 7.59 Å². The molecule has 0 spiro atoms. The second kappa shape index (κ2) is 10.4. The summed E-state index contributed by atoms with van der Waals surface area (Å²) in [6.45, 7) is 2.56. The summed E-state index contributed by atoms with van der Waals surface area (Å²) >= 11 is 3.54. The van der Waals surface area contributed by atoms with E-state index in [0.29, 0.717) is 26.2 Å². The number of fused-ring (bicyclic) bond motifs is 2. The molecule has 1 aliphatic heterocycles. The minimum absolute atomic E-state index is 0.584. The lowest BCUT2D eigenvalue weighted by molar-refractivity contribution is 0.436. The molecule has 184 valence electrons. The molecule has 1 fully saturated rings. The second-order valence-electron chi connectivity index (χ2n) is 9.37. The van der Waals surface area contributed by atoms with Gasteiger partial charge in [0, 0.05) is 36.9 Å². The van der Waals surface area contributed by atoms with Crippen molar-refractivity contribution in [3.63, 3.8) is 0 Å². The Morgan fingerprint density at radius 1 is 0.703 bits per heavy atom. The first-order valence-corrected chi connectivity index (χ1v) is 14.8. The van der Waals surface area contributed by atoms with Crippen LogP contribution in [0.2, 0.25) is 0 Å². The summed E-state index contributed by atoms with van der Waals surface area (Å²) in [4.78, 5) is 0. The van der Waals surface area contributed by atoms with E-state index in [0.717, 1.165) is 10.0 Å². The zero-order chi connectivity index (χ0) is 25.2. The molecule has 37 heavy (non-hydrogen) atoms. The van der Waals surface area contributed by atoms with Gasteiger partial charge in [0.05, 0.1) is 0 Å². The highest BCUT2D eigenvalue weighted by Crippen LogP contribution is 2.59. The average molecular weight is 568 g/mol. The zero-order valence-corrected chi connectivity index (χ0v) is 22.9. The van der Waals surface area contributed by atoms with Gasteiger partial charge in [0.2, 0.25) is 0 Å². The van der Waals surface area contributed by atoms with E-state index in [1.54, 1.807) is 6.21 Å². The highest BCUT2D eigenvalue weighted by Gasteiger charge is 2.42. The van der Waals surface area contributed by atoms with Gasteiger partial charge in [-0.15, -0.1) is 0 Å². The highest BCUT2D eigenvalue weighted by molar-refractivity contribution is 9.10. The summed E-state index contributed by atoms with van der Waals surface area (Å²) < 4.78 is 24.8. The maximum atomic E-state index is 14.9. The average Bonchev–Trinajstić information content (AvgIpc) is 3.22. The van der Waals surface area contributed by atoms with Crippen LogP contribution in [-0.2, 0) is 17.7 Å². The molecule has 5 aromatic rings. The first-order valence-electron chi connectivity index (χ1n) is 12.5. The van der Waals surface area contributed by atoms with Crippen molar-refractivity contribution in [3.8, 4) is 0 Å². The maximum Gasteiger partial charge on any atom is 0.330 e. The van der Waals surface area contributed by atoms with Gasteiger partial charge >= 0.3 is 7.59 Å². The van der Waals surface area contributed by atoms with Crippen LogP contribution in [0, 0.1) is 0 Å². The molecule has 0 aromatic heterocycles. The van der Waals surface area contributed by atoms with E-state index >= 15 is 0 Å². The molecule has 0 amide bonds. The number of hydrogen-bond acceptors (Lipinski definition) is 1. The first-order chi connectivity index (χ1) is 18.1. The third-order valence-electron chi connectivity index (χ3n) is 7.02. The molecule has 1 saturated heterocycles. The number of nitrogens with zero attached hydrogens (tertiary/aromatic N) is 3. The van der Waals surface area contributed by atoms with E-state index in [2.05, 4.69) is 110 Å². The van der Waals surface area contributed by atoms with E-state index in [1.807, 2.05) is 24.3 Å². The van der Waals surface area contributed by atoms with Crippen LogP contribution < -0.4 is 0 Å². The fourth-order valence-corrected chi connectivity index (χ4v) is 7.87. The molecule has 0 atom stereocenters. The van der Waals surface area contributed by atoms with E-state index in [1.165, 1.54) is 32.7 Å². The Kier molecular flexibility index (Phi) is 6.79. The van der Waals surface area contributed by atoms with Crippen LogP contribution in [0.3, 0.4) is 0 Å². The Bertz CT molecular complexity index is 1560. The lowest BCUT2D eigenvalue weighted by atomic mass is 10.0. The van der Waals surface area contributed by atoms with Gasteiger partial charge < -0.3 is 0 Å². The molecule has 1 aliphatic rings. The van der Waals surface area contributed by atoms with Gasteiger partial charge in [-0.05, 0) is 50.4 Å². The predicted octanol–water partition coefficient (Wildman–Crippen LogP) is 8.30. The van der Waals surface area contributed by atoms with Crippen molar-refractivity contribution >= 4 is 51.3 Å². The largest absolute Gasteiger partial charge is 0.330 e. The van der Waals surface area contributed by atoms with Crippen LogP contribution in [0.1, 0.15) is 16.7 Å². The van der Waals surface area contributed by atoms with E-state index in [4.69, 9.17) is 4.76 Å². The highest BCUT2D eigenvalue weighted by atomic mass is 79.9. The van der Waals surface area contributed by atoms with Crippen molar-refractivity contribution in [2.24, 2.45) is 4.76 Å². The second-order valence-corrected chi connectivity index (χ2v) is 12.7. The normalized spacial score (nSPS) is 16.2. The van der Waals surface area contributed by atoms with Gasteiger partial charge in [0.25, 0.3) is 0 Å². The first kappa shape index (κ1) is 24.3. The molecule has 6 heteroatoms. The maximum absolute atomic E-state index is 14.9. The Hall–Kier alpha value is -3.08. The lowest BCUT2D eigenvalue weighted by Gasteiger charge is -2.27. The van der Waals surface area contributed by atoms with Gasteiger partial charge in [0.1, 0.15) is 0 Å². The third kappa shape index (κ3) is 4.93. The molecule has 0 bridgehead atoms. The SMILES string of the molecule is O=P1(/N=C/c2cccc(Br)c2)N(Cc2cccc3ccccc23)CCN1Cc1cccc2ccccc12. The number of rotatable bonds is 6. The molecule has 0 radical (unpaired) electrons. The van der Waals surface area contributed by atoms with Gasteiger partial charge in [0.15, 0.2) is 0 Å². The molecular formula is C31H27BrN3OP.